The number of carbonyl (C=O) groups is 1. The van der Waals surface area contributed by atoms with Crippen LogP contribution in [-0.2, 0) is 4.79 Å². The Morgan fingerprint density at radius 3 is 2.18 bits per heavy atom. The largest absolute Gasteiger partial charge is 0.353 e. The molecule has 1 aliphatic heterocycles. The fourth-order valence-corrected chi connectivity index (χ4v) is 7.69. The summed E-state index contributed by atoms with van der Waals surface area (Å²) in [6.45, 7) is 7.25. The molecular formula is C28H37N5O. The third kappa shape index (κ3) is 4.39. The highest BCUT2D eigenvalue weighted by Crippen LogP contribution is 2.61. The first-order chi connectivity index (χ1) is 16.4. The smallest absolute Gasteiger partial charge is 0.223 e. The predicted octanol–water partition coefficient (Wildman–Crippen LogP) is 5.09. The summed E-state index contributed by atoms with van der Waals surface area (Å²) in [6.07, 6.45) is 9.01. The highest BCUT2D eigenvalue weighted by molar-refractivity contribution is 5.77. The second-order valence-electron chi connectivity index (χ2n) is 11.6. The summed E-state index contributed by atoms with van der Waals surface area (Å²) in [5.74, 6) is 5.61. The van der Waals surface area contributed by atoms with E-state index in [0.29, 0.717) is 11.3 Å². The Labute approximate surface area is 203 Å². The van der Waals surface area contributed by atoms with Gasteiger partial charge in [0.25, 0.3) is 0 Å². The summed E-state index contributed by atoms with van der Waals surface area (Å²) in [6, 6.07) is 10.4. The lowest BCUT2D eigenvalue weighted by molar-refractivity contribution is -0.139. The van der Waals surface area contributed by atoms with Crippen molar-refractivity contribution < 1.29 is 4.79 Å². The quantitative estimate of drug-likeness (QED) is 0.675. The lowest BCUT2D eigenvalue weighted by atomic mass is 9.49. The number of carbonyl (C=O) groups excluding carboxylic acids is 1. The second-order valence-corrected chi connectivity index (χ2v) is 11.6. The van der Waals surface area contributed by atoms with Crippen molar-refractivity contribution in [1.29, 1.82) is 0 Å². The summed E-state index contributed by atoms with van der Waals surface area (Å²) in [5, 5.41) is 3.41. The SMILES string of the molecule is Cc1ccc(Nc2cc(N3CCN(C(=O)CC45CC6CC(CC(C6)C4)C5)CC3)nc(C)n2)cc1. The van der Waals surface area contributed by atoms with Crippen LogP contribution in [0.1, 0.15) is 56.3 Å². The first kappa shape index (κ1) is 21.9. The zero-order valence-corrected chi connectivity index (χ0v) is 20.6. The molecule has 6 nitrogen and oxygen atoms in total. The maximum Gasteiger partial charge on any atom is 0.223 e. The molecule has 0 unspecified atom stereocenters. The zero-order chi connectivity index (χ0) is 23.3. The lowest BCUT2D eigenvalue weighted by Gasteiger charge is -2.57. The summed E-state index contributed by atoms with van der Waals surface area (Å²) in [5.41, 5.74) is 2.58. The lowest BCUT2D eigenvalue weighted by Crippen LogP contribution is -2.52. The van der Waals surface area contributed by atoms with E-state index in [1.165, 1.54) is 44.1 Å². The topological polar surface area (TPSA) is 61.4 Å². The van der Waals surface area contributed by atoms with Crippen molar-refractivity contribution in [2.75, 3.05) is 36.4 Å². The third-order valence-corrected chi connectivity index (χ3v) is 8.80. The normalized spacial score (nSPS) is 30.0. The average Bonchev–Trinajstić information content (AvgIpc) is 2.79. The minimum absolute atomic E-state index is 0.323. The van der Waals surface area contributed by atoms with Gasteiger partial charge in [-0.3, -0.25) is 4.79 Å². The number of hydrogen-bond acceptors (Lipinski definition) is 5. The van der Waals surface area contributed by atoms with Gasteiger partial charge in [-0.2, -0.15) is 0 Å². The molecule has 5 fully saturated rings. The minimum atomic E-state index is 0.323. The van der Waals surface area contributed by atoms with E-state index in [2.05, 4.69) is 51.3 Å². The predicted molar refractivity (Wildman–Crippen MR) is 135 cm³/mol. The van der Waals surface area contributed by atoms with Crippen molar-refractivity contribution in [2.24, 2.45) is 23.2 Å². The number of benzene rings is 1. The Kier molecular flexibility index (Phi) is 5.50. The number of piperazine rings is 1. The van der Waals surface area contributed by atoms with E-state index < -0.39 is 0 Å². The van der Waals surface area contributed by atoms with Gasteiger partial charge in [-0.05, 0) is 87.7 Å². The van der Waals surface area contributed by atoms with Gasteiger partial charge in [0.1, 0.15) is 17.5 Å². The van der Waals surface area contributed by atoms with E-state index in [1.807, 2.05) is 13.0 Å². The molecule has 1 aromatic carbocycles. The van der Waals surface area contributed by atoms with E-state index in [1.54, 1.807) is 0 Å². The number of nitrogens with zero attached hydrogens (tertiary/aromatic N) is 4. The van der Waals surface area contributed by atoms with Crippen LogP contribution in [0.5, 0.6) is 0 Å². The van der Waals surface area contributed by atoms with Crippen LogP contribution in [0.25, 0.3) is 0 Å². The Morgan fingerprint density at radius 2 is 1.56 bits per heavy atom. The van der Waals surface area contributed by atoms with Crippen LogP contribution in [-0.4, -0.2) is 47.0 Å². The summed E-state index contributed by atoms with van der Waals surface area (Å²) in [4.78, 5) is 27.0. The molecule has 4 saturated carbocycles. The molecule has 34 heavy (non-hydrogen) atoms. The molecule has 4 aliphatic carbocycles. The van der Waals surface area contributed by atoms with E-state index in [4.69, 9.17) is 4.98 Å². The Morgan fingerprint density at radius 1 is 0.941 bits per heavy atom. The standard InChI is InChI=1S/C28H37N5O/c1-19-3-5-24(6-4-19)31-25-14-26(30-20(2)29-25)32-7-9-33(10-8-32)27(34)18-28-15-21-11-22(16-28)13-23(12-21)17-28/h3-6,14,21-23H,7-13,15-18H2,1-2H3,(H,29,30,31). The number of nitrogens with one attached hydrogen (secondary N) is 1. The molecule has 1 N–H and O–H groups in total. The van der Waals surface area contributed by atoms with Crippen molar-refractivity contribution in [3.63, 3.8) is 0 Å². The molecule has 7 rings (SSSR count). The summed E-state index contributed by atoms with van der Waals surface area (Å²) < 4.78 is 0. The van der Waals surface area contributed by atoms with Gasteiger partial charge in [0.05, 0.1) is 0 Å². The fourth-order valence-electron chi connectivity index (χ4n) is 7.69. The van der Waals surface area contributed by atoms with Crippen LogP contribution in [0.2, 0.25) is 0 Å². The van der Waals surface area contributed by atoms with E-state index in [9.17, 15) is 4.79 Å². The molecule has 1 amide bonds. The van der Waals surface area contributed by atoms with Gasteiger partial charge in [-0.15, -0.1) is 0 Å². The average molecular weight is 460 g/mol. The second kappa shape index (κ2) is 8.54. The van der Waals surface area contributed by atoms with Crippen molar-refractivity contribution in [1.82, 2.24) is 14.9 Å². The molecule has 1 aromatic heterocycles. The summed E-state index contributed by atoms with van der Waals surface area (Å²) >= 11 is 0. The highest BCUT2D eigenvalue weighted by atomic mass is 16.2. The monoisotopic (exact) mass is 459 g/mol. The van der Waals surface area contributed by atoms with Gasteiger partial charge in [0, 0.05) is 44.4 Å². The zero-order valence-electron chi connectivity index (χ0n) is 20.6. The molecule has 1 saturated heterocycles. The van der Waals surface area contributed by atoms with Gasteiger partial charge < -0.3 is 15.1 Å². The van der Waals surface area contributed by atoms with Gasteiger partial charge in [0.15, 0.2) is 0 Å². The maximum atomic E-state index is 13.3. The van der Waals surface area contributed by atoms with Gasteiger partial charge in [0.2, 0.25) is 5.91 Å². The van der Waals surface area contributed by atoms with E-state index in [-0.39, 0.29) is 0 Å². The van der Waals surface area contributed by atoms with Gasteiger partial charge in [-0.25, -0.2) is 9.97 Å². The van der Waals surface area contributed by atoms with Crippen LogP contribution in [0.15, 0.2) is 30.3 Å². The fraction of sp³-hybridized carbons (Fsp3) is 0.607. The number of amides is 1. The van der Waals surface area contributed by atoms with Crippen LogP contribution in [0.4, 0.5) is 17.3 Å². The minimum Gasteiger partial charge on any atom is -0.353 e. The van der Waals surface area contributed by atoms with E-state index in [0.717, 1.165) is 73.5 Å². The molecule has 5 aliphatic rings. The molecule has 0 atom stereocenters. The van der Waals surface area contributed by atoms with Crippen molar-refractivity contribution in [3.05, 3.63) is 41.7 Å². The number of anilines is 3. The number of hydrogen-bond donors (Lipinski definition) is 1. The number of aryl methyl sites for hydroxylation is 2. The van der Waals surface area contributed by atoms with Crippen molar-refractivity contribution in [3.8, 4) is 0 Å². The van der Waals surface area contributed by atoms with Crippen LogP contribution in [0.3, 0.4) is 0 Å². The highest BCUT2D eigenvalue weighted by Gasteiger charge is 2.51. The molecular weight excluding hydrogens is 422 g/mol. The van der Waals surface area contributed by atoms with Crippen molar-refractivity contribution in [2.45, 2.75) is 58.8 Å². The number of rotatable bonds is 5. The van der Waals surface area contributed by atoms with Crippen LogP contribution in [0, 0.1) is 37.0 Å². The van der Waals surface area contributed by atoms with Crippen LogP contribution >= 0.6 is 0 Å². The van der Waals surface area contributed by atoms with E-state index >= 15 is 0 Å². The maximum absolute atomic E-state index is 13.3. The third-order valence-electron chi connectivity index (χ3n) is 8.80. The Hall–Kier alpha value is -2.63. The molecule has 180 valence electrons. The molecule has 0 radical (unpaired) electrons. The van der Waals surface area contributed by atoms with Gasteiger partial charge in [-0.1, -0.05) is 17.7 Å². The van der Waals surface area contributed by atoms with Crippen LogP contribution < -0.4 is 10.2 Å². The molecule has 0 spiro atoms. The van der Waals surface area contributed by atoms with Crippen molar-refractivity contribution >= 4 is 23.2 Å². The number of aromatic nitrogens is 2. The first-order valence-electron chi connectivity index (χ1n) is 13.2. The Balaban J connectivity index is 1.08. The summed E-state index contributed by atoms with van der Waals surface area (Å²) in [7, 11) is 0. The molecule has 4 bridgehead atoms. The molecule has 2 aromatic rings. The van der Waals surface area contributed by atoms with Gasteiger partial charge >= 0.3 is 0 Å². The Bertz CT molecular complexity index is 1020. The molecule has 2 heterocycles. The first-order valence-corrected chi connectivity index (χ1v) is 13.2. The molecule has 6 heteroatoms.